The molecule has 1 saturated heterocycles. The third-order valence-corrected chi connectivity index (χ3v) is 6.11. The largest absolute Gasteiger partial charge is 0.497 e. The van der Waals surface area contributed by atoms with E-state index in [1.54, 1.807) is 7.11 Å². The van der Waals surface area contributed by atoms with Crippen LogP contribution in [0.2, 0.25) is 0 Å². The number of aromatic nitrogens is 2. The molecular formula is C26H35IN6O. The number of hydrogen-bond donors (Lipinski definition) is 2. The molecule has 1 aliphatic heterocycles. The van der Waals surface area contributed by atoms with Gasteiger partial charge < -0.3 is 15.4 Å². The highest BCUT2D eigenvalue weighted by molar-refractivity contribution is 14.0. The molecule has 1 aromatic heterocycles. The minimum absolute atomic E-state index is 0. The molecule has 0 amide bonds. The van der Waals surface area contributed by atoms with E-state index in [2.05, 4.69) is 62.2 Å². The Labute approximate surface area is 219 Å². The Kier molecular flexibility index (Phi) is 10.2. The molecule has 8 heteroatoms. The van der Waals surface area contributed by atoms with E-state index in [0.717, 1.165) is 50.0 Å². The summed E-state index contributed by atoms with van der Waals surface area (Å²) in [6.07, 6.45) is 7.39. The Morgan fingerprint density at radius 2 is 1.88 bits per heavy atom. The summed E-state index contributed by atoms with van der Waals surface area (Å²) >= 11 is 0. The Bertz CT molecular complexity index is 1030. The lowest BCUT2D eigenvalue weighted by atomic mass is 10.1. The molecule has 0 saturated carbocycles. The van der Waals surface area contributed by atoms with Crippen molar-refractivity contribution in [2.24, 2.45) is 4.99 Å². The lowest BCUT2D eigenvalue weighted by Gasteiger charge is -2.29. The van der Waals surface area contributed by atoms with E-state index in [9.17, 15) is 0 Å². The molecule has 2 N–H and O–H groups in total. The molecule has 3 aromatic rings. The summed E-state index contributed by atoms with van der Waals surface area (Å²) in [5.41, 5.74) is 3.53. The van der Waals surface area contributed by atoms with Crippen molar-refractivity contribution in [2.45, 2.75) is 25.3 Å². The van der Waals surface area contributed by atoms with Gasteiger partial charge in [0.05, 0.1) is 25.0 Å². The number of likely N-dealkylation sites (tertiary alicyclic amines) is 1. The average Bonchev–Trinajstić information content (AvgIpc) is 3.57. The van der Waals surface area contributed by atoms with Gasteiger partial charge in [-0.15, -0.1) is 24.0 Å². The summed E-state index contributed by atoms with van der Waals surface area (Å²) in [6.45, 7) is 3.83. The van der Waals surface area contributed by atoms with Crippen LogP contribution in [0.15, 0.2) is 72.0 Å². The van der Waals surface area contributed by atoms with Crippen molar-refractivity contribution in [1.29, 1.82) is 0 Å². The highest BCUT2D eigenvalue weighted by Crippen LogP contribution is 2.27. The van der Waals surface area contributed by atoms with E-state index in [4.69, 9.17) is 4.74 Å². The van der Waals surface area contributed by atoms with Gasteiger partial charge in [-0.25, -0.2) is 4.68 Å². The molecule has 1 atom stereocenters. The van der Waals surface area contributed by atoms with Gasteiger partial charge in [0.15, 0.2) is 5.96 Å². The van der Waals surface area contributed by atoms with Crippen LogP contribution in [0.1, 0.15) is 30.0 Å². The Morgan fingerprint density at radius 1 is 1.09 bits per heavy atom. The first kappa shape index (κ1) is 26.0. The van der Waals surface area contributed by atoms with E-state index in [-0.39, 0.29) is 30.0 Å². The molecule has 0 spiro atoms. The zero-order chi connectivity index (χ0) is 22.9. The van der Waals surface area contributed by atoms with Crippen molar-refractivity contribution in [3.63, 3.8) is 0 Å². The Balaban J connectivity index is 0.00000324. The maximum Gasteiger partial charge on any atom is 0.191 e. The summed E-state index contributed by atoms with van der Waals surface area (Å²) in [5.74, 6) is 1.72. The third-order valence-electron chi connectivity index (χ3n) is 6.11. The van der Waals surface area contributed by atoms with Gasteiger partial charge in [-0.05, 0) is 67.7 Å². The van der Waals surface area contributed by atoms with Crippen molar-refractivity contribution in [2.75, 3.05) is 40.3 Å². The number of benzene rings is 2. The van der Waals surface area contributed by atoms with E-state index < -0.39 is 0 Å². The minimum atomic E-state index is 0. The van der Waals surface area contributed by atoms with Gasteiger partial charge >= 0.3 is 0 Å². The number of nitrogens with one attached hydrogen (secondary N) is 2. The second kappa shape index (κ2) is 13.3. The fraction of sp³-hybridized carbons (Fsp3) is 0.385. The zero-order valence-electron chi connectivity index (χ0n) is 20.0. The fourth-order valence-electron chi connectivity index (χ4n) is 4.31. The first-order valence-electron chi connectivity index (χ1n) is 11.7. The second-order valence-electron chi connectivity index (χ2n) is 8.29. The highest BCUT2D eigenvalue weighted by Gasteiger charge is 2.24. The molecule has 182 valence electrons. The smallest absolute Gasteiger partial charge is 0.191 e. The molecule has 1 fully saturated rings. The monoisotopic (exact) mass is 574 g/mol. The summed E-state index contributed by atoms with van der Waals surface area (Å²) in [6, 6.07) is 18.9. The highest BCUT2D eigenvalue weighted by atomic mass is 127. The SMILES string of the molecule is CN=C(NCCc1cnn(-c2ccccc2)c1)NCC(c1cccc(OC)c1)N1CCCC1.I. The molecule has 1 aliphatic rings. The van der Waals surface area contributed by atoms with Crippen LogP contribution in [0.25, 0.3) is 5.69 Å². The quantitative estimate of drug-likeness (QED) is 0.230. The van der Waals surface area contributed by atoms with Crippen molar-refractivity contribution < 1.29 is 4.74 Å². The molecule has 1 unspecified atom stereocenters. The van der Waals surface area contributed by atoms with Crippen LogP contribution in [0.5, 0.6) is 5.75 Å². The number of guanidine groups is 1. The van der Waals surface area contributed by atoms with E-state index in [1.165, 1.54) is 24.0 Å². The molecule has 34 heavy (non-hydrogen) atoms. The molecule has 2 heterocycles. The first-order chi connectivity index (χ1) is 16.3. The summed E-state index contributed by atoms with van der Waals surface area (Å²) < 4.78 is 7.37. The van der Waals surface area contributed by atoms with Gasteiger partial charge in [-0.2, -0.15) is 5.10 Å². The van der Waals surface area contributed by atoms with Crippen LogP contribution < -0.4 is 15.4 Å². The number of methoxy groups -OCH3 is 1. The number of nitrogens with zero attached hydrogens (tertiary/aromatic N) is 4. The zero-order valence-corrected chi connectivity index (χ0v) is 22.3. The van der Waals surface area contributed by atoms with Crippen molar-refractivity contribution in [1.82, 2.24) is 25.3 Å². The summed E-state index contributed by atoms with van der Waals surface area (Å²) in [5, 5.41) is 11.5. The maximum atomic E-state index is 5.46. The fourth-order valence-corrected chi connectivity index (χ4v) is 4.31. The molecule has 2 aromatic carbocycles. The topological polar surface area (TPSA) is 66.7 Å². The number of rotatable bonds is 9. The number of halogens is 1. The van der Waals surface area contributed by atoms with Crippen molar-refractivity contribution >= 4 is 29.9 Å². The predicted octanol–water partition coefficient (Wildman–Crippen LogP) is 4.04. The van der Waals surface area contributed by atoms with Crippen LogP contribution in [0.4, 0.5) is 0 Å². The first-order valence-corrected chi connectivity index (χ1v) is 11.7. The van der Waals surface area contributed by atoms with Gasteiger partial charge in [0, 0.05) is 26.3 Å². The maximum absolute atomic E-state index is 5.46. The van der Waals surface area contributed by atoms with Gasteiger partial charge in [0.2, 0.25) is 0 Å². The Hall–Kier alpha value is -2.59. The molecule has 0 radical (unpaired) electrons. The molecule has 4 rings (SSSR count). The number of para-hydroxylation sites is 1. The number of ether oxygens (including phenoxy) is 1. The molecular weight excluding hydrogens is 539 g/mol. The van der Waals surface area contributed by atoms with Crippen LogP contribution in [-0.2, 0) is 6.42 Å². The van der Waals surface area contributed by atoms with E-state index in [1.807, 2.05) is 42.2 Å². The summed E-state index contributed by atoms with van der Waals surface area (Å²) in [7, 11) is 3.54. The summed E-state index contributed by atoms with van der Waals surface area (Å²) in [4.78, 5) is 6.98. The molecule has 0 aliphatic carbocycles. The van der Waals surface area contributed by atoms with Crippen LogP contribution in [0, 0.1) is 0 Å². The van der Waals surface area contributed by atoms with Gasteiger partial charge in [-0.3, -0.25) is 9.89 Å². The molecule has 0 bridgehead atoms. The standard InChI is InChI=1S/C26H34N6O.HI/c1-27-26(28-14-13-21-18-30-32(20-21)23-10-4-3-5-11-23)29-19-25(31-15-6-7-16-31)22-9-8-12-24(17-22)33-2;/h3-5,8-12,17-18,20,25H,6-7,13-16,19H2,1-2H3,(H2,27,28,29);1H. The van der Waals surface area contributed by atoms with Crippen molar-refractivity contribution in [3.05, 3.63) is 78.1 Å². The number of hydrogen-bond acceptors (Lipinski definition) is 4. The van der Waals surface area contributed by atoms with Crippen LogP contribution in [-0.4, -0.2) is 61.0 Å². The lowest BCUT2D eigenvalue weighted by Crippen LogP contribution is -2.43. The predicted molar refractivity (Wildman–Crippen MR) is 149 cm³/mol. The lowest BCUT2D eigenvalue weighted by molar-refractivity contribution is 0.245. The van der Waals surface area contributed by atoms with Gasteiger partial charge in [-0.1, -0.05) is 30.3 Å². The number of aliphatic imine (C=N–C) groups is 1. The normalized spacial score (nSPS) is 14.9. The van der Waals surface area contributed by atoms with Crippen LogP contribution in [0.3, 0.4) is 0 Å². The van der Waals surface area contributed by atoms with Crippen LogP contribution >= 0.6 is 24.0 Å². The second-order valence-corrected chi connectivity index (χ2v) is 8.29. The Morgan fingerprint density at radius 3 is 2.62 bits per heavy atom. The van der Waals surface area contributed by atoms with Gasteiger partial charge in [0.1, 0.15) is 5.75 Å². The van der Waals surface area contributed by atoms with Crippen molar-refractivity contribution in [3.8, 4) is 11.4 Å². The van der Waals surface area contributed by atoms with E-state index >= 15 is 0 Å². The third kappa shape index (κ3) is 6.96. The van der Waals surface area contributed by atoms with Gasteiger partial charge in [0.25, 0.3) is 0 Å². The minimum Gasteiger partial charge on any atom is -0.497 e. The average molecular weight is 575 g/mol. The van der Waals surface area contributed by atoms with E-state index in [0.29, 0.717) is 0 Å². The molecule has 7 nitrogen and oxygen atoms in total.